The van der Waals surface area contributed by atoms with Crippen LogP contribution in [0.3, 0.4) is 0 Å². The van der Waals surface area contributed by atoms with Crippen molar-refractivity contribution >= 4 is 17.6 Å². The van der Waals surface area contributed by atoms with E-state index in [4.69, 9.17) is 0 Å². The van der Waals surface area contributed by atoms with Crippen molar-refractivity contribution in [2.24, 2.45) is 0 Å². The average Bonchev–Trinajstić information content (AvgIpc) is 2.62. The lowest BCUT2D eigenvalue weighted by Crippen LogP contribution is -2.42. The second-order valence-corrected chi connectivity index (χ2v) is 6.22. The summed E-state index contributed by atoms with van der Waals surface area (Å²) in [5.41, 5.74) is 0.761. The van der Waals surface area contributed by atoms with Crippen LogP contribution in [0.5, 0.6) is 0 Å². The Labute approximate surface area is 135 Å². The van der Waals surface area contributed by atoms with E-state index in [-0.39, 0.29) is 5.41 Å². The zero-order valence-corrected chi connectivity index (χ0v) is 13.4. The fourth-order valence-electron chi connectivity index (χ4n) is 2.95. The second kappa shape index (κ2) is 6.37. The maximum absolute atomic E-state index is 9.74. The summed E-state index contributed by atoms with van der Waals surface area (Å²) in [7, 11) is 0. The molecule has 1 fully saturated rings. The summed E-state index contributed by atoms with van der Waals surface area (Å²) < 4.78 is 0. The maximum atomic E-state index is 9.74. The number of nitriles is 1. The Morgan fingerprint density at radius 1 is 1.18 bits per heavy atom. The van der Waals surface area contributed by atoms with Gasteiger partial charge in [-0.15, -0.1) is 0 Å². The molecule has 22 heavy (non-hydrogen) atoms. The summed E-state index contributed by atoms with van der Waals surface area (Å²) in [6.45, 7) is 1.68. The summed E-state index contributed by atoms with van der Waals surface area (Å²) in [6, 6.07) is 14.7. The summed E-state index contributed by atoms with van der Waals surface area (Å²) in [4.78, 5) is 11.0. The van der Waals surface area contributed by atoms with Crippen molar-refractivity contribution in [1.82, 2.24) is 9.97 Å². The lowest BCUT2D eigenvalue weighted by Gasteiger charge is -2.38. The Bertz CT molecular complexity index is 673. The molecule has 1 aromatic carbocycles. The van der Waals surface area contributed by atoms with Crippen LogP contribution in [0, 0.1) is 11.3 Å². The Morgan fingerprint density at radius 3 is 2.55 bits per heavy atom. The van der Waals surface area contributed by atoms with Gasteiger partial charge < -0.3 is 4.90 Å². The molecule has 2 heterocycles. The van der Waals surface area contributed by atoms with Crippen molar-refractivity contribution in [1.29, 1.82) is 5.26 Å². The van der Waals surface area contributed by atoms with Crippen molar-refractivity contribution in [3.05, 3.63) is 48.2 Å². The fourth-order valence-corrected chi connectivity index (χ4v) is 3.30. The molecule has 0 atom stereocenters. The summed E-state index contributed by atoms with van der Waals surface area (Å²) in [5.74, 6) is 0.957. The number of hydrogen-bond donors (Lipinski definition) is 0. The van der Waals surface area contributed by atoms with E-state index in [1.165, 1.54) is 0 Å². The van der Waals surface area contributed by atoms with E-state index in [9.17, 15) is 5.26 Å². The van der Waals surface area contributed by atoms with E-state index < -0.39 is 0 Å². The summed E-state index contributed by atoms with van der Waals surface area (Å²) in [6.07, 6.45) is 5.43. The number of benzene rings is 1. The van der Waals surface area contributed by atoms with Crippen LogP contribution >= 0.6 is 11.8 Å². The SMILES string of the molecule is CSc1nccc(N2CCC(C#N)(c3ccccc3)CC2)n1. The maximum Gasteiger partial charge on any atom is 0.189 e. The molecule has 0 amide bonds. The van der Waals surface area contributed by atoms with Crippen LogP contribution in [0.15, 0.2) is 47.8 Å². The van der Waals surface area contributed by atoms with Crippen LogP contribution in [0.1, 0.15) is 18.4 Å². The lowest BCUT2D eigenvalue weighted by atomic mass is 9.74. The first kappa shape index (κ1) is 14.9. The monoisotopic (exact) mass is 310 g/mol. The van der Waals surface area contributed by atoms with Gasteiger partial charge in [0.1, 0.15) is 5.82 Å². The molecule has 1 saturated heterocycles. The minimum atomic E-state index is -0.368. The first-order chi connectivity index (χ1) is 10.8. The second-order valence-electron chi connectivity index (χ2n) is 5.45. The van der Waals surface area contributed by atoms with E-state index in [0.717, 1.165) is 42.5 Å². The van der Waals surface area contributed by atoms with Gasteiger partial charge in [-0.05, 0) is 30.7 Å². The Balaban J connectivity index is 1.78. The van der Waals surface area contributed by atoms with Crippen molar-refractivity contribution < 1.29 is 0 Å². The third-order valence-electron chi connectivity index (χ3n) is 4.28. The molecule has 0 unspecified atom stereocenters. The van der Waals surface area contributed by atoms with Gasteiger partial charge in [-0.1, -0.05) is 42.1 Å². The normalized spacial score (nSPS) is 17.0. The molecule has 0 spiro atoms. The molecule has 112 valence electrons. The number of anilines is 1. The van der Waals surface area contributed by atoms with Gasteiger partial charge in [0, 0.05) is 19.3 Å². The number of rotatable bonds is 3. The predicted molar refractivity (Wildman–Crippen MR) is 89.0 cm³/mol. The van der Waals surface area contributed by atoms with Gasteiger partial charge >= 0.3 is 0 Å². The summed E-state index contributed by atoms with van der Waals surface area (Å²) in [5, 5.41) is 10.5. The molecule has 3 rings (SSSR count). The van der Waals surface area contributed by atoms with Gasteiger partial charge in [0.25, 0.3) is 0 Å². The number of aromatic nitrogens is 2. The molecule has 0 bridgehead atoms. The zero-order chi connectivity index (χ0) is 15.4. The third-order valence-corrected chi connectivity index (χ3v) is 4.84. The van der Waals surface area contributed by atoms with E-state index >= 15 is 0 Å². The predicted octanol–water partition coefficient (Wildman–Crippen LogP) is 3.26. The summed E-state index contributed by atoms with van der Waals surface area (Å²) >= 11 is 1.55. The highest BCUT2D eigenvalue weighted by Gasteiger charge is 2.36. The highest BCUT2D eigenvalue weighted by Crippen LogP contribution is 2.36. The smallest absolute Gasteiger partial charge is 0.189 e. The zero-order valence-electron chi connectivity index (χ0n) is 12.6. The molecule has 1 aromatic heterocycles. The van der Waals surface area contributed by atoms with E-state index in [2.05, 4.69) is 33.1 Å². The van der Waals surface area contributed by atoms with Gasteiger partial charge in [-0.3, -0.25) is 0 Å². The van der Waals surface area contributed by atoms with Gasteiger partial charge in [0.05, 0.1) is 11.5 Å². The molecule has 2 aromatic rings. The van der Waals surface area contributed by atoms with Crippen LogP contribution in [0.2, 0.25) is 0 Å². The van der Waals surface area contributed by atoms with Crippen LogP contribution in [0.4, 0.5) is 5.82 Å². The average molecular weight is 310 g/mol. The quantitative estimate of drug-likeness (QED) is 0.643. The molecule has 4 nitrogen and oxygen atoms in total. The number of piperidine rings is 1. The minimum Gasteiger partial charge on any atom is -0.356 e. The molecule has 1 aliphatic rings. The van der Waals surface area contributed by atoms with Crippen LogP contribution in [-0.2, 0) is 5.41 Å². The van der Waals surface area contributed by atoms with Gasteiger partial charge in [0.2, 0.25) is 0 Å². The third kappa shape index (κ3) is 2.79. The number of hydrogen-bond acceptors (Lipinski definition) is 5. The topological polar surface area (TPSA) is 52.8 Å². The number of nitrogens with zero attached hydrogens (tertiary/aromatic N) is 4. The first-order valence-electron chi connectivity index (χ1n) is 7.36. The molecular weight excluding hydrogens is 292 g/mol. The number of thioether (sulfide) groups is 1. The first-order valence-corrected chi connectivity index (χ1v) is 8.59. The lowest BCUT2D eigenvalue weighted by molar-refractivity contribution is 0.413. The van der Waals surface area contributed by atoms with Gasteiger partial charge in [-0.25, -0.2) is 9.97 Å². The molecular formula is C17H18N4S. The Kier molecular flexibility index (Phi) is 4.30. The molecule has 0 N–H and O–H groups in total. The van der Waals surface area contributed by atoms with Crippen LogP contribution < -0.4 is 4.90 Å². The Hall–Kier alpha value is -2.06. The fraction of sp³-hybridized carbons (Fsp3) is 0.353. The van der Waals surface area contributed by atoms with Crippen molar-refractivity contribution in [2.75, 3.05) is 24.2 Å². The van der Waals surface area contributed by atoms with E-state index in [1.807, 2.05) is 30.5 Å². The van der Waals surface area contributed by atoms with Crippen LogP contribution in [0.25, 0.3) is 0 Å². The van der Waals surface area contributed by atoms with Gasteiger partial charge in [0.15, 0.2) is 5.16 Å². The van der Waals surface area contributed by atoms with Crippen molar-refractivity contribution in [3.63, 3.8) is 0 Å². The standard InChI is InChI=1S/C17H18N4S/c1-22-16-19-10-7-15(20-16)21-11-8-17(13-18,9-12-21)14-5-3-2-4-6-14/h2-7,10H,8-9,11-12H2,1H3. The largest absolute Gasteiger partial charge is 0.356 e. The molecule has 1 aliphatic heterocycles. The minimum absolute atomic E-state index is 0.368. The molecule has 0 saturated carbocycles. The van der Waals surface area contributed by atoms with Crippen molar-refractivity contribution in [3.8, 4) is 6.07 Å². The van der Waals surface area contributed by atoms with E-state index in [0.29, 0.717) is 0 Å². The Morgan fingerprint density at radius 2 is 1.91 bits per heavy atom. The molecule has 0 radical (unpaired) electrons. The molecule has 0 aliphatic carbocycles. The highest BCUT2D eigenvalue weighted by molar-refractivity contribution is 7.98. The van der Waals surface area contributed by atoms with Gasteiger partial charge in [-0.2, -0.15) is 5.26 Å². The van der Waals surface area contributed by atoms with Crippen molar-refractivity contribution in [2.45, 2.75) is 23.4 Å². The van der Waals surface area contributed by atoms with Crippen LogP contribution in [-0.4, -0.2) is 29.3 Å². The van der Waals surface area contributed by atoms with E-state index in [1.54, 1.807) is 18.0 Å². The highest BCUT2D eigenvalue weighted by atomic mass is 32.2. The molecule has 5 heteroatoms.